The fraction of sp³-hybridized carbons (Fsp3) is 0.375. The predicted molar refractivity (Wildman–Crippen MR) is 79.9 cm³/mol. The Labute approximate surface area is 132 Å². The first kappa shape index (κ1) is 15.4. The first-order valence-corrected chi connectivity index (χ1v) is 7.30. The number of aromatic carboxylic acids is 1. The molecule has 0 radical (unpaired) electrons. The van der Waals surface area contributed by atoms with Crippen molar-refractivity contribution in [3.05, 3.63) is 30.0 Å². The predicted octanol–water partition coefficient (Wildman–Crippen LogP) is 2.61. The standard InChI is InChI=1S/C16H17NO6/c1-20-13-3-2-10(12-9-15(16(18)19)23-17-12)8-14(13)22-11-4-6-21-7-5-11/h2-3,8-9,11H,4-7H2,1H3,(H,18,19). The zero-order valence-electron chi connectivity index (χ0n) is 12.7. The van der Waals surface area contributed by atoms with E-state index in [1.54, 1.807) is 25.3 Å². The molecule has 0 saturated carbocycles. The van der Waals surface area contributed by atoms with Crippen LogP contribution in [-0.2, 0) is 4.74 Å². The van der Waals surface area contributed by atoms with E-state index in [9.17, 15) is 4.79 Å². The lowest BCUT2D eigenvalue weighted by molar-refractivity contribution is 0.0245. The van der Waals surface area contributed by atoms with Gasteiger partial charge in [-0.25, -0.2) is 4.79 Å². The molecule has 0 spiro atoms. The van der Waals surface area contributed by atoms with E-state index in [-0.39, 0.29) is 11.9 Å². The quantitative estimate of drug-likeness (QED) is 0.905. The highest BCUT2D eigenvalue weighted by atomic mass is 16.5. The minimum absolute atomic E-state index is 0.0692. The van der Waals surface area contributed by atoms with Crippen molar-refractivity contribution >= 4 is 5.97 Å². The third kappa shape index (κ3) is 3.45. The number of nitrogens with zero attached hydrogens (tertiary/aromatic N) is 1. The Morgan fingerprint density at radius 2 is 2.04 bits per heavy atom. The average molecular weight is 319 g/mol. The van der Waals surface area contributed by atoms with Gasteiger partial charge in [0.05, 0.1) is 20.3 Å². The molecule has 2 aromatic rings. The van der Waals surface area contributed by atoms with E-state index in [0.29, 0.717) is 36.0 Å². The van der Waals surface area contributed by atoms with Gasteiger partial charge in [-0.3, -0.25) is 0 Å². The minimum Gasteiger partial charge on any atom is -0.493 e. The third-order valence-electron chi connectivity index (χ3n) is 3.64. The fourth-order valence-corrected chi connectivity index (χ4v) is 2.41. The Bertz CT molecular complexity index is 690. The summed E-state index contributed by atoms with van der Waals surface area (Å²) in [5.41, 5.74) is 1.13. The molecule has 1 saturated heterocycles. The van der Waals surface area contributed by atoms with Gasteiger partial charge in [0, 0.05) is 24.5 Å². The summed E-state index contributed by atoms with van der Waals surface area (Å²) in [4.78, 5) is 10.9. The summed E-state index contributed by atoms with van der Waals surface area (Å²) in [6.45, 7) is 1.36. The molecular weight excluding hydrogens is 302 g/mol. The maximum Gasteiger partial charge on any atom is 0.374 e. The van der Waals surface area contributed by atoms with E-state index in [4.69, 9.17) is 23.8 Å². The number of carbonyl (C=O) groups is 1. The van der Waals surface area contributed by atoms with E-state index in [1.807, 2.05) is 0 Å². The van der Waals surface area contributed by atoms with Gasteiger partial charge < -0.3 is 23.8 Å². The van der Waals surface area contributed by atoms with Crippen LogP contribution in [0.3, 0.4) is 0 Å². The number of ether oxygens (including phenoxy) is 3. The molecule has 23 heavy (non-hydrogen) atoms. The number of aromatic nitrogens is 1. The van der Waals surface area contributed by atoms with Crippen LogP contribution in [-0.4, -0.2) is 42.7 Å². The van der Waals surface area contributed by atoms with Gasteiger partial charge in [-0.15, -0.1) is 0 Å². The van der Waals surface area contributed by atoms with Crippen molar-refractivity contribution in [1.29, 1.82) is 0 Å². The molecule has 122 valence electrons. The van der Waals surface area contributed by atoms with Crippen molar-refractivity contribution in [2.75, 3.05) is 20.3 Å². The number of hydrogen-bond donors (Lipinski definition) is 1. The van der Waals surface area contributed by atoms with Crippen LogP contribution >= 0.6 is 0 Å². The molecule has 0 aliphatic carbocycles. The van der Waals surface area contributed by atoms with Crippen LogP contribution < -0.4 is 9.47 Å². The van der Waals surface area contributed by atoms with Crippen LogP contribution in [0.1, 0.15) is 23.4 Å². The number of methoxy groups -OCH3 is 1. The monoisotopic (exact) mass is 319 g/mol. The molecule has 0 amide bonds. The molecule has 1 aromatic heterocycles. The second-order valence-electron chi connectivity index (χ2n) is 5.18. The van der Waals surface area contributed by atoms with Gasteiger partial charge in [0.2, 0.25) is 5.76 Å². The molecule has 2 heterocycles. The summed E-state index contributed by atoms with van der Waals surface area (Å²) in [6.07, 6.45) is 1.71. The van der Waals surface area contributed by atoms with Gasteiger partial charge in [0.15, 0.2) is 11.5 Å². The average Bonchev–Trinajstić information content (AvgIpc) is 3.06. The van der Waals surface area contributed by atoms with Crippen molar-refractivity contribution in [3.63, 3.8) is 0 Å². The fourth-order valence-electron chi connectivity index (χ4n) is 2.41. The second kappa shape index (κ2) is 6.70. The summed E-state index contributed by atoms with van der Waals surface area (Å²) < 4.78 is 21.5. The Hall–Kier alpha value is -2.54. The molecule has 1 N–H and O–H groups in total. The van der Waals surface area contributed by atoms with E-state index < -0.39 is 5.97 Å². The SMILES string of the molecule is COc1ccc(-c2cc(C(=O)O)on2)cc1OC1CCOCC1. The van der Waals surface area contributed by atoms with Crippen molar-refractivity contribution < 1.29 is 28.6 Å². The summed E-state index contributed by atoms with van der Waals surface area (Å²) in [5, 5.41) is 12.7. The van der Waals surface area contributed by atoms with Crippen molar-refractivity contribution in [2.24, 2.45) is 0 Å². The van der Waals surface area contributed by atoms with Gasteiger partial charge in [-0.05, 0) is 18.2 Å². The normalized spacial score (nSPS) is 15.3. The molecule has 1 aromatic carbocycles. The lowest BCUT2D eigenvalue weighted by atomic mass is 10.1. The van der Waals surface area contributed by atoms with E-state index >= 15 is 0 Å². The Morgan fingerprint density at radius 3 is 2.70 bits per heavy atom. The molecule has 3 rings (SSSR count). The van der Waals surface area contributed by atoms with Gasteiger partial charge >= 0.3 is 5.97 Å². The maximum absolute atomic E-state index is 10.9. The second-order valence-corrected chi connectivity index (χ2v) is 5.18. The minimum atomic E-state index is -1.16. The van der Waals surface area contributed by atoms with Crippen molar-refractivity contribution in [3.8, 4) is 22.8 Å². The molecule has 1 aliphatic rings. The number of benzene rings is 1. The number of carboxylic acids is 1. The summed E-state index contributed by atoms with van der Waals surface area (Å²) in [7, 11) is 1.57. The van der Waals surface area contributed by atoms with Crippen LogP contribution in [0.25, 0.3) is 11.3 Å². The van der Waals surface area contributed by atoms with Gasteiger partial charge in [-0.1, -0.05) is 5.16 Å². The molecular formula is C16H17NO6. The van der Waals surface area contributed by atoms with Crippen molar-refractivity contribution in [2.45, 2.75) is 18.9 Å². The number of rotatable bonds is 5. The Morgan fingerprint density at radius 1 is 1.26 bits per heavy atom. The largest absolute Gasteiger partial charge is 0.493 e. The van der Waals surface area contributed by atoms with Crippen LogP contribution in [0.2, 0.25) is 0 Å². The van der Waals surface area contributed by atoms with Crippen molar-refractivity contribution in [1.82, 2.24) is 5.16 Å². The molecule has 0 unspecified atom stereocenters. The number of hydrogen-bond acceptors (Lipinski definition) is 6. The molecule has 1 aliphatic heterocycles. The number of carboxylic acid groups (broad SMARTS) is 1. The van der Waals surface area contributed by atoms with Crippen LogP contribution in [0.15, 0.2) is 28.8 Å². The lowest BCUT2D eigenvalue weighted by Gasteiger charge is -2.24. The Kier molecular flexibility index (Phi) is 4.47. The third-order valence-corrected chi connectivity index (χ3v) is 3.64. The van der Waals surface area contributed by atoms with Crippen LogP contribution in [0, 0.1) is 0 Å². The smallest absolute Gasteiger partial charge is 0.374 e. The molecule has 0 bridgehead atoms. The first-order valence-electron chi connectivity index (χ1n) is 7.30. The molecule has 1 fully saturated rings. The molecule has 0 atom stereocenters. The zero-order chi connectivity index (χ0) is 16.2. The molecule has 7 heteroatoms. The summed E-state index contributed by atoms with van der Waals surface area (Å²) >= 11 is 0. The summed E-state index contributed by atoms with van der Waals surface area (Å²) in [5.74, 6) is -0.155. The van der Waals surface area contributed by atoms with E-state index in [0.717, 1.165) is 12.8 Å². The Balaban J connectivity index is 1.86. The van der Waals surface area contributed by atoms with Gasteiger partial charge in [0.1, 0.15) is 11.8 Å². The van der Waals surface area contributed by atoms with Gasteiger partial charge in [-0.2, -0.15) is 0 Å². The summed E-state index contributed by atoms with van der Waals surface area (Å²) in [6, 6.07) is 6.69. The van der Waals surface area contributed by atoms with Crippen LogP contribution in [0.4, 0.5) is 0 Å². The zero-order valence-corrected chi connectivity index (χ0v) is 12.7. The highest BCUT2D eigenvalue weighted by Crippen LogP contribution is 2.34. The highest BCUT2D eigenvalue weighted by Gasteiger charge is 2.19. The first-order chi connectivity index (χ1) is 11.2. The van der Waals surface area contributed by atoms with E-state index in [2.05, 4.69) is 5.16 Å². The highest BCUT2D eigenvalue weighted by molar-refractivity contribution is 5.85. The lowest BCUT2D eigenvalue weighted by Crippen LogP contribution is -2.26. The molecule has 7 nitrogen and oxygen atoms in total. The van der Waals surface area contributed by atoms with Gasteiger partial charge in [0.25, 0.3) is 0 Å². The maximum atomic E-state index is 10.9. The van der Waals surface area contributed by atoms with Crippen LogP contribution in [0.5, 0.6) is 11.5 Å². The topological polar surface area (TPSA) is 91.0 Å². The van der Waals surface area contributed by atoms with E-state index in [1.165, 1.54) is 6.07 Å².